The van der Waals surface area contributed by atoms with Crippen molar-refractivity contribution in [2.75, 3.05) is 18.0 Å². The van der Waals surface area contributed by atoms with Crippen molar-refractivity contribution in [1.29, 1.82) is 0 Å². The highest BCUT2D eigenvalue weighted by Gasteiger charge is 2.17. The number of aryl methyl sites for hydroxylation is 1. The Morgan fingerprint density at radius 3 is 2.59 bits per heavy atom. The second-order valence-electron chi connectivity index (χ2n) is 4.65. The third-order valence-corrected chi connectivity index (χ3v) is 6.28. The Bertz CT molecular complexity index is 894. The maximum atomic E-state index is 12.3. The molecule has 0 aliphatic rings. The molecule has 1 unspecified atom stereocenters. The van der Waals surface area contributed by atoms with Crippen LogP contribution < -0.4 is 4.72 Å². The molecular weight excluding hydrogens is 324 g/mol. The van der Waals surface area contributed by atoms with E-state index in [9.17, 15) is 12.6 Å². The van der Waals surface area contributed by atoms with Gasteiger partial charge in [0, 0.05) is 30.9 Å². The predicted molar refractivity (Wildman–Crippen MR) is 85.8 cm³/mol. The first kappa shape index (κ1) is 16.5. The largest absolute Gasteiger partial charge is 0.279 e. The van der Waals surface area contributed by atoms with Gasteiger partial charge in [0.25, 0.3) is 10.0 Å². The molecule has 0 fully saturated rings. The highest BCUT2D eigenvalue weighted by molar-refractivity contribution is 7.93. The molecule has 1 atom stereocenters. The Labute approximate surface area is 130 Å². The van der Waals surface area contributed by atoms with Gasteiger partial charge in [-0.3, -0.25) is 9.40 Å². The average Bonchev–Trinajstić information content (AvgIpc) is 2.97. The summed E-state index contributed by atoms with van der Waals surface area (Å²) < 4.78 is 44.7. The molecule has 0 aliphatic carbocycles. The summed E-state index contributed by atoms with van der Waals surface area (Å²) in [5.41, 5.74) is 0.333. The zero-order valence-electron chi connectivity index (χ0n) is 12.6. The Morgan fingerprint density at radius 1 is 1.27 bits per heavy atom. The molecule has 0 amide bonds. The number of hydrogen-bond donors (Lipinski definition) is 1. The molecule has 2 aromatic rings. The number of rotatable bonds is 5. The SMILES string of the molecule is CCn1cc(S(=O)(=O)Nc2cccc(S(C)(=O)=NC)c2)cn1. The van der Waals surface area contributed by atoms with Crippen molar-refractivity contribution in [2.24, 2.45) is 4.36 Å². The Balaban J connectivity index is 2.34. The first-order valence-corrected chi connectivity index (χ1v) is 9.95. The number of anilines is 1. The number of sulfonamides is 1. The van der Waals surface area contributed by atoms with Crippen LogP contribution in [0.15, 0.2) is 50.8 Å². The van der Waals surface area contributed by atoms with Gasteiger partial charge in [-0.15, -0.1) is 0 Å². The van der Waals surface area contributed by atoms with E-state index in [4.69, 9.17) is 0 Å². The summed E-state index contributed by atoms with van der Waals surface area (Å²) in [6.07, 6.45) is 4.25. The van der Waals surface area contributed by atoms with Crippen molar-refractivity contribution in [1.82, 2.24) is 9.78 Å². The lowest BCUT2D eigenvalue weighted by atomic mass is 10.3. The van der Waals surface area contributed by atoms with Gasteiger partial charge in [0.2, 0.25) is 0 Å². The lowest BCUT2D eigenvalue weighted by molar-refractivity contribution is 0.600. The third kappa shape index (κ3) is 3.47. The van der Waals surface area contributed by atoms with Crippen molar-refractivity contribution in [3.8, 4) is 0 Å². The topological polar surface area (TPSA) is 93.4 Å². The first-order chi connectivity index (χ1) is 10.3. The molecule has 9 heteroatoms. The molecule has 120 valence electrons. The van der Waals surface area contributed by atoms with Gasteiger partial charge >= 0.3 is 0 Å². The van der Waals surface area contributed by atoms with Gasteiger partial charge in [0.1, 0.15) is 4.90 Å². The van der Waals surface area contributed by atoms with E-state index >= 15 is 0 Å². The summed E-state index contributed by atoms with van der Waals surface area (Å²) in [7, 11) is -4.77. The average molecular weight is 342 g/mol. The second-order valence-corrected chi connectivity index (χ2v) is 8.77. The first-order valence-electron chi connectivity index (χ1n) is 6.54. The van der Waals surface area contributed by atoms with Gasteiger partial charge in [0.15, 0.2) is 0 Å². The Hall–Kier alpha value is -1.87. The molecule has 2 rings (SSSR count). The van der Waals surface area contributed by atoms with Crippen LogP contribution in [0, 0.1) is 0 Å². The van der Waals surface area contributed by atoms with E-state index in [0.29, 0.717) is 17.1 Å². The van der Waals surface area contributed by atoms with Crippen LogP contribution in [0.1, 0.15) is 6.92 Å². The minimum absolute atomic E-state index is 0.0807. The summed E-state index contributed by atoms with van der Waals surface area (Å²) in [4.78, 5) is 0.552. The molecule has 0 aliphatic heterocycles. The van der Waals surface area contributed by atoms with Crippen molar-refractivity contribution in [3.63, 3.8) is 0 Å². The van der Waals surface area contributed by atoms with E-state index in [1.165, 1.54) is 36.4 Å². The molecule has 1 N–H and O–H groups in total. The quantitative estimate of drug-likeness (QED) is 0.896. The fourth-order valence-electron chi connectivity index (χ4n) is 1.77. The number of benzene rings is 1. The van der Waals surface area contributed by atoms with Crippen LogP contribution in [0.3, 0.4) is 0 Å². The predicted octanol–water partition coefficient (Wildman–Crippen LogP) is 1.79. The van der Waals surface area contributed by atoms with Crippen LogP contribution in [-0.4, -0.2) is 35.7 Å². The van der Waals surface area contributed by atoms with Crippen LogP contribution in [-0.2, 0) is 26.3 Å². The second kappa shape index (κ2) is 6.09. The van der Waals surface area contributed by atoms with E-state index in [2.05, 4.69) is 14.2 Å². The van der Waals surface area contributed by atoms with Crippen LogP contribution in [0.25, 0.3) is 0 Å². The van der Waals surface area contributed by atoms with Crippen LogP contribution in [0.2, 0.25) is 0 Å². The van der Waals surface area contributed by atoms with Gasteiger partial charge < -0.3 is 0 Å². The van der Waals surface area contributed by atoms with Gasteiger partial charge in [0.05, 0.1) is 21.6 Å². The van der Waals surface area contributed by atoms with Crippen LogP contribution in [0.4, 0.5) is 5.69 Å². The standard InChI is InChI=1S/C13H18N4O3S2/c1-4-17-10-13(9-15-17)22(19,20)16-11-6-5-7-12(8-11)21(3,18)14-2/h5-10,16H,4H2,1-3H3. The number of aromatic nitrogens is 2. The van der Waals surface area contributed by atoms with Crippen LogP contribution in [0.5, 0.6) is 0 Å². The summed E-state index contributed by atoms with van der Waals surface area (Å²) in [6, 6.07) is 6.41. The molecule has 0 spiro atoms. The fourth-order valence-corrected chi connectivity index (χ4v) is 3.66. The zero-order valence-corrected chi connectivity index (χ0v) is 14.2. The number of nitrogens with one attached hydrogen (secondary N) is 1. The van der Waals surface area contributed by atoms with Gasteiger partial charge in [-0.25, -0.2) is 17.0 Å². The highest BCUT2D eigenvalue weighted by Crippen LogP contribution is 2.20. The Kier molecular flexibility index (Phi) is 4.57. The molecular formula is C13H18N4O3S2. The van der Waals surface area contributed by atoms with E-state index in [1.807, 2.05) is 6.92 Å². The zero-order chi connectivity index (χ0) is 16.4. The molecule has 0 saturated heterocycles. The van der Waals surface area contributed by atoms with E-state index in [-0.39, 0.29) is 4.90 Å². The number of hydrogen-bond acceptors (Lipinski definition) is 5. The molecule has 1 aromatic carbocycles. The highest BCUT2D eigenvalue weighted by atomic mass is 32.2. The molecule has 0 saturated carbocycles. The minimum Gasteiger partial charge on any atom is -0.279 e. The molecule has 22 heavy (non-hydrogen) atoms. The smallest absolute Gasteiger partial charge is 0.265 e. The van der Waals surface area contributed by atoms with E-state index < -0.39 is 19.8 Å². The van der Waals surface area contributed by atoms with Crippen molar-refractivity contribution in [3.05, 3.63) is 36.7 Å². The minimum atomic E-state index is -3.73. The molecule has 0 bridgehead atoms. The molecule has 7 nitrogen and oxygen atoms in total. The third-order valence-electron chi connectivity index (χ3n) is 3.12. The fraction of sp³-hybridized carbons (Fsp3) is 0.308. The van der Waals surface area contributed by atoms with Crippen molar-refractivity contribution in [2.45, 2.75) is 23.3 Å². The summed E-state index contributed by atoms with van der Waals surface area (Å²) in [5, 5.41) is 3.95. The summed E-state index contributed by atoms with van der Waals surface area (Å²) in [6.45, 7) is 2.45. The molecule has 1 heterocycles. The van der Waals surface area contributed by atoms with Crippen LogP contribution >= 0.6 is 0 Å². The lowest BCUT2D eigenvalue weighted by Crippen LogP contribution is -2.12. The monoisotopic (exact) mass is 342 g/mol. The van der Waals surface area contributed by atoms with Crippen molar-refractivity contribution >= 4 is 25.4 Å². The molecule has 0 radical (unpaired) electrons. The van der Waals surface area contributed by atoms with Crippen molar-refractivity contribution < 1.29 is 12.6 Å². The molecule has 1 aromatic heterocycles. The Morgan fingerprint density at radius 2 is 2.00 bits per heavy atom. The van der Waals surface area contributed by atoms with Gasteiger partial charge in [-0.05, 0) is 25.1 Å². The lowest BCUT2D eigenvalue weighted by Gasteiger charge is -2.09. The summed E-state index contributed by atoms with van der Waals surface area (Å²) in [5.74, 6) is 0. The van der Waals surface area contributed by atoms with E-state index in [1.54, 1.807) is 18.2 Å². The van der Waals surface area contributed by atoms with Gasteiger partial charge in [-0.1, -0.05) is 6.07 Å². The normalized spacial score (nSPS) is 14.3. The van der Waals surface area contributed by atoms with E-state index in [0.717, 1.165) is 0 Å². The summed E-state index contributed by atoms with van der Waals surface area (Å²) >= 11 is 0. The number of nitrogens with zero attached hydrogens (tertiary/aromatic N) is 3. The van der Waals surface area contributed by atoms with Gasteiger partial charge in [-0.2, -0.15) is 5.10 Å². The maximum absolute atomic E-state index is 12.3. The maximum Gasteiger partial charge on any atom is 0.265 e.